The number of rotatable bonds is 10. The number of methoxy groups -OCH3 is 2. The van der Waals surface area contributed by atoms with Crippen LogP contribution < -0.4 is 9.47 Å². The maximum Gasteiger partial charge on any atom is 0.213 e. The van der Waals surface area contributed by atoms with E-state index >= 15 is 0 Å². The van der Waals surface area contributed by atoms with Crippen molar-refractivity contribution in [3.05, 3.63) is 77.5 Å². The van der Waals surface area contributed by atoms with E-state index in [2.05, 4.69) is 44.0 Å². The Morgan fingerprint density at radius 2 is 1.81 bits per heavy atom. The summed E-state index contributed by atoms with van der Waals surface area (Å²) in [5.41, 5.74) is 4.39. The van der Waals surface area contributed by atoms with Gasteiger partial charge in [-0.25, -0.2) is 4.98 Å². The van der Waals surface area contributed by atoms with E-state index in [1.54, 1.807) is 26.4 Å². The zero-order valence-corrected chi connectivity index (χ0v) is 22.7. The van der Waals surface area contributed by atoms with Crippen molar-refractivity contribution >= 4 is 7.37 Å². The summed E-state index contributed by atoms with van der Waals surface area (Å²) in [6, 6.07) is 17.3. The quantitative estimate of drug-likeness (QED) is 0.321. The molecule has 0 bridgehead atoms. The summed E-state index contributed by atoms with van der Waals surface area (Å²) in [6.07, 6.45) is 0.0539. The first-order chi connectivity index (χ1) is 16.9. The topological polar surface area (TPSA) is 98.1 Å². The number of pyridine rings is 1. The summed E-state index contributed by atoms with van der Waals surface area (Å²) in [4.78, 5) is 13.8. The molecule has 2 aromatic carbocycles. The number of benzene rings is 2. The van der Waals surface area contributed by atoms with Gasteiger partial charge in [-0.15, -0.1) is 0 Å². The van der Waals surface area contributed by atoms with Crippen LogP contribution in [0.15, 0.2) is 60.8 Å². The normalized spacial score (nSPS) is 15.1. The Bertz CT molecular complexity index is 1220. The van der Waals surface area contributed by atoms with E-state index in [-0.39, 0.29) is 24.3 Å². The van der Waals surface area contributed by atoms with E-state index in [0.29, 0.717) is 11.4 Å². The Morgan fingerprint density at radius 3 is 2.44 bits per heavy atom. The van der Waals surface area contributed by atoms with E-state index in [1.807, 2.05) is 24.3 Å². The molecule has 0 amide bonds. The molecule has 0 aliphatic carbocycles. The molecule has 1 aromatic heterocycles. The highest BCUT2D eigenvalue weighted by Gasteiger charge is 2.29. The summed E-state index contributed by atoms with van der Waals surface area (Å²) in [6.45, 7) is 7.91. The molecule has 7 nitrogen and oxygen atoms in total. The summed E-state index contributed by atoms with van der Waals surface area (Å²) >= 11 is 0. The van der Waals surface area contributed by atoms with Crippen molar-refractivity contribution in [1.29, 1.82) is 0 Å². The lowest BCUT2D eigenvalue weighted by atomic mass is 9.81. The lowest BCUT2D eigenvalue weighted by Crippen LogP contribution is -2.21. The Labute approximate surface area is 213 Å². The molecule has 36 heavy (non-hydrogen) atoms. The van der Waals surface area contributed by atoms with Gasteiger partial charge in [0, 0.05) is 26.0 Å². The number of ether oxygens (including phenoxy) is 3. The second-order valence-electron chi connectivity index (χ2n) is 10.1. The summed E-state index contributed by atoms with van der Waals surface area (Å²) < 4.78 is 29.0. The minimum atomic E-state index is -3.36. The third kappa shape index (κ3) is 7.40. The van der Waals surface area contributed by atoms with Crippen LogP contribution in [0.3, 0.4) is 0 Å². The Morgan fingerprint density at radius 1 is 1.06 bits per heavy atom. The highest BCUT2D eigenvalue weighted by Crippen LogP contribution is 2.42. The van der Waals surface area contributed by atoms with Crippen LogP contribution in [-0.4, -0.2) is 42.0 Å². The number of aliphatic hydroxyl groups excluding tert-OH is 1. The average Bonchev–Trinajstić information content (AvgIpc) is 2.81. The summed E-state index contributed by atoms with van der Waals surface area (Å²) in [5, 5.41) is 10.3. The minimum Gasteiger partial charge on any atom is -0.497 e. The molecule has 0 radical (unpaired) electrons. The van der Waals surface area contributed by atoms with Crippen LogP contribution in [0.5, 0.6) is 11.6 Å². The molecule has 1 heterocycles. The van der Waals surface area contributed by atoms with Gasteiger partial charge in [-0.2, -0.15) is 0 Å². The average molecular weight is 514 g/mol. The zero-order chi connectivity index (χ0) is 26.5. The SMILES string of the molecule is COc1cccc(-c2ccc(COc3cc([C@H](O)CP(C)(=O)O)ccn3)cc2C(OC)C(C)(C)C)c1. The fourth-order valence-corrected chi connectivity index (χ4v) is 5.07. The zero-order valence-electron chi connectivity index (χ0n) is 21.8. The number of aromatic nitrogens is 1. The molecule has 0 saturated heterocycles. The van der Waals surface area contributed by atoms with Crippen LogP contribution in [0.2, 0.25) is 0 Å². The van der Waals surface area contributed by atoms with Gasteiger partial charge in [0.15, 0.2) is 0 Å². The van der Waals surface area contributed by atoms with E-state index in [4.69, 9.17) is 14.2 Å². The third-order valence-electron chi connectivity index (χ3n) is 5.84. The van der Waals surface area contributed by atoms with E-state index in [9.17, 15) is 14.6 Å². The standard InChI is InChI=1S/C28H36NO6P/c1-28(2,3)27(34-5)24-14-19(10-11-23(24)20-8-7-9-22(15-20)33-4)17-35-26-16-21(12-13-29-26)25(30)18-36(6,31)32/h7-16,25,27,30H,17-18H2,1-6H3,(H,31,32)/t25-,27?/m1/s1. The molecule has 0 spiro atoms. The van der Waals surface area contributed by atoms with Gasteiger partial charge in [-0.3, -0.25) is 4.57 Å². The number of hydrogen-bond acceptors (Lipinski definition) is 6. The molecule has 0 fully saturated rings. The van der Waals surface area contributed by atoms with Crippen LogP contribution in [0, 0.1) is 5.41 Å². The minimum absolute atomic E-state index is 0.153. The molecule has 3 atom stereocenters. The molecule has 194 valence electrons. The van der Waals surface area contributed by atoms with Gasteiger partial charge in [0.25, 0.3) is 0 Å². The third-order valence-corrected chi connectivity index (χ3v) is 6.87. The van der Waals surface area contributed by atoms with Crippen LogP contribution >= 0.6 is 7.37 Å². The molecule has 0 aliphatic heterocycles. The van der Waals surface area contributed by atoms with Gasteiger partial charge < -0.3 is 24.2 Å². The number of hydrogen-bond donors (Lipinski definition) is 2. The predicted octanol–water partition coefficient (Wildman–Crippen LogP) is 6.00. The number of nitrogens with zero attached hydrogens (tertiary/aromatic N) is 1. The van der Waals surface area contributed by atoms with Crippen molar-refractivity contribution in [2.24, 2.45) is 5.41 Å². The lowest BCUT2D eigenvalue weighted by molar-refractivity contribution is 0.0155. The second kappa shape index (κ2) is 11.6. The van der Waals surface area contributed by atoms with Crippen LogP contribution in [-0.2, 0) is 15.9 Å². The predicted molar refractivity (Wildman–Crippen MR) is 142 cm³/mol. The van der Waals surface area contributed by atoms with Crippen molar-refractivity contribution in [2.45, 2.75) is 39.6 Å². The van der Waals surface area contributed by atoms with Crippen LogP contribution in [0.1, 0.15) is 49.7 Å². The molecule has 3 aromatic rings. The first-order valence-corrected chi connectivity index (χ1v) is 14.1. The lowest BCUT2D eigenvalue weighted by Gasteiger charge is -2.32. The molecular formula is C28H36NO6P. The van der Waals surface area contributed by atoms with Crippen molar-refractivity contribution in [3.8, 4) is 22.8 Å². The first kappa shape index (κ1) is 27.9. The molecule has 8 heteroatoms. The maximum absolute atomic E-state index is 11.7. The van der Waals surface area contributed by atoms with Crippen molar-refractivity contribution in [1.82, 2.24) is 4.98 Å². The number of aliphatic hydroxyl groups is 1. The monoisotopic (exact) mass is 513 g/mol. The fraction of sp³-hybridized carbons (Fsp3) is 0.393. The van der Waals surface area contributed by atoms with Crippen molar-refractivity contribution < 1.29 is 28.8 Å². The summed E-state index contributed by atoms with van der Waals surface area (Å²) in [5.74, 6) is 1.11. The summed E-state index contributed by atoms with van der Waals surface area (Å²) in [7, 11) is 0.00790. The fourth-order valence-electron chi connectivity index (χ4n) is 4.21. The van der Waals surface area contributed by atoms with Crippen molar-refractivity contribution in [2.75, 3.05) is 27.0 Å². The Kier molecular flexibility index (Phi) is 8.96. The largest absolute Gasteiger partial charge is 0.497 e. The molecular weight excluding hydrogens is 477 g/mol. The highest BCUT2D eigenvalue weighted by atomic mass is 31.2. The van der Waals surface area contributed by atoms with Gasteiger partial charge in [-0.1, -0.05) is 45.0 Å². The van der Waals surface area contributed by atoms with Crippen LogP contribution in [0.25, 0.3) is 11.1 Å². The first-order valence-electron chi connectivity index (χ1n) is 11.8. The van der Waals surface area contributed by atoms with E-state index < -0.39 is 13.5 Å². The van der Waals surface area contributed by atoms with Gasteiger partial charge >= 0.3 is 0 Å². The van der Waals surface area contributed by atoms with E-state index in [1.165, 1.54) is 12.9 Å². The molecule has 0 saturated carbocycles. The highest BCUT2D eigenvalue weighted by molar-refractivity contribution is 7.57. The smallest absolute Gasteiger partial charge is 0.213 e. The van der Waals surface area contributed by atoms with Gasteiger partial charge in [0.05, 0.1) is 25.5 Å². The molecule has 3 rings (SSSR count). The molecule has 2 N–H and O–H groups in total. The molecule has 2 unspecified atom stereocenters. The molecule has 0 aliphatic rings. The van der Waals surface area contributed by atoms with Gasteiger partial charge in [0.2, 0.25) is 13.2 Å². The Hall–Kier alpha value is -2.70. The van der Waals surface area contributed by atoms with E-state index in [0.717, 1.165) is 28.0 Å². The van der Waals surface area contributed by atoms with Crippen molar-refractivity contribution in [3.63, 3.8) is 0 Å². The Balaban J connectivity index is 1.91. The van der Waals surface area contributed by atoms with Gasteiger partial charge in [0.1, 0.15) is 12.4 Å². The maximum atomic E-state index is 11.7. The van der Waals surface area contributed by atoms with Crippen LogP contribution in [0.4, 0.5) is 0 Å². The van der Waals surface area contributed by atoms with Gasteiger partial charge in [-0.05, 0) is 57.5 Å². The second-order valence-corrected chi connectivity index (χ2v) is 12.6.